The number of aliphatic imine (C=N–C) groups is 1. The quantitative estimate of drug-likeness (QED) is 0.239. The van der Waals surface area contributed by atoms with E-state index in [1.165, 1.54) is 14.0 Å². The third-order valence-corrected chi connectivity index (χ3v) is 13.6. The van der Waals surface area contributed by atoms with Crippen molar-refractivity contribution < 1.29 is 63.5 Å². The zero-order valence-electron chi connectivity index (χ0n) is 37.1. The Labute approximate surface area is 350 Å². The molecule has 336 valence electrons. The summed E-state index contributed by atoms with van der Waals surface area (Å²) in [5.74, 6) is -4.07. The number of esters is 1. The molecule has 4 aliphatic rings. The number of cyclic esters (lactones) is 1. The molecule has 0 spiro atoms. The zero-order chi connectivity index (χ0) is 43.8. The van der Waals surface area contributed by atoms with E-state index in [1.807, 2.05) is 56.1 Å². The molecule has 0 aliphatic carbocycles. The standard InChI is InChI=1S/C44H72N2O13/c1-13-31-44(10,52)36(48)25(4)33(47)23(2)20-42(8,51)38(26(5)34(27(6)39(50)56-31)57-32-21-43(9,53-12)37(49)28(7)55-32)59-40-35-30(19-24(3)54-40)46(11)41(58-35)45-22-29-17-15-14-16-18-29/h14-18,23-28,30-38,40,47-49,51-52H,13,19-22H2,1-12H3/t23-,24-,25+,26+,27-,28+,30+,31-,32+,33+,34+,35-,36-,37+,38-,40+,42-,43-,44-/m1/s1. The van der Waals surface area contributed by atoms with Crippen LogP contribution >= 0.6 is 0 Å². The largest absolute Gasteiger partial charge is 0.459 e. The SMILES string of the molecule is CC[C@H]1OC(=O)[C@H](C)[C@@H](O[C@H]2C[C@@](C)(OC)[C@@H](O)[C@H](C)O2)[C@H](C)[C@@H](O[C@@H]2O[C@H](C)C[C@H]3[C@H]2OC(=NCc2ccccc2)N3C)[C@](C)(O)C[C@@H](C)[C@H](O)[C@H](C)[C@@H](O)[C@]1(C)O. The van der Waals surface area contributed by atoms with E-state index < -0.39 is 108 Å². The minimum atomic E-state index is -1.94. The van der Waals surface area contributed by atoms with Crippen LogP contribution in [0.15, 0.2) is 35.3 Å². The maximum absolute atomic E-state index is 14.3. The molecule has 59 heavy (non-hydrogen) atoms. The Hall–Kier alpha value is -2.44. The molecule has 1 aromatic carbocycles. The Morgan fingerprint density at radius 1 is 0.898 bits per heavy atom. The first-order valence-corrected chi connectivity index (χ1v) is 21.4. The van der Waals surface area contributed by atoms with Crippen molar-refractivity contribution in [3.05, 3.63) is 35.9 Å². The van der Waals surface area contributed by atoms with Gasteiger partial charge in [0.2, 0.25) is 0 Å². The molecule has 0 unspecified atom stereocenters. The lowest BCUT2D eigenvalue weighted by Gasteiger charge is -2.49. The van der Waals surface area contributed by atoms with Gasteiger partial charge in [-0.15, -0.1) is 0 Å². The molecular weight excluding hydrogens is 764 g/mol. The highest BCUT2D eigenvalue weighted by Crippen LogP contribution is 2.42. The van der Waals surface area contributed by atoms with Gasteiger partial charge in [0, 0.05) is 32.4 Å². The number of hydrogen-bond acceptors (Lipinski definition) is 14. The fourth-order valence-corrected chi connectivity index (χ4v) is 9.81. The van der Waals surface area contributed by atoms with Crippen LogP contribution in [-0.4, -0.2) is 147 Å². The molecule has 19 atom stereocenters. The number of likely N-dealkylation sites (N-methyl/N-ethyl adjacent to an activating group) is 1. The number of carbonyl (C=O) groups excluding carboxylic acids is 1. The van der Waals surface area contributed by atoms with Crippen LogP contribution in [0.2, 0.25) is 0 Å². The molecule has 5 N–H and O–H groups in total. The van der Waals surface area contributed by atoms with Crippen LogP contribution in [0.5, 0.6) is 0 Å². The smallest absolute Gasteiger partial charge is 0.311 e. The Kier molecular flexibility index (Phi) is 15.2. The number of benzene rings is 1. The number of ether oxygens (including phenoxy) is 7. The number of nitrogens with zero attached hydrogens (tertiary/aromatic N) is 2. The van der Waals surface area contributed by atoms with Gasteiger partial charge in [-0.3, -0.25) is 4.79 Å². The lowest BCUT2D eigenvalue weighted by Crippen LogP contribution is -2.61. The van der Waals surface area contributed by atoms with Crippen molar-refractivity contribution in [1.82, 2.24) is 4.90 Å². The third kappa shape index (κ3) is 10.1. The number of methoxy groups -OCH3 is 1. The lowest BCUT2D eigenvalue weighted by atomic mass is 9.73. The van der Waals surface area contributed by atoms with E-state index in [-0.39, 0.29) is 31.4 Å². The Bertz CT molecular complexity index is 1560. The summed E-state index contributed by atoms with van der Waals surface area (Å²) in [7, 11) is 3.43. The summed E-state index contributed by atoms with van der Waals surface area (Å²) in [5, 5.41) is 58.7. The Morgan fingerprint density at radius 3 is 2.19 bits per heavy atom. The van der Waals surface area contributed by atoms with Crippen LogP contribution < -0.4 is 0 Å². The van der Waals surface area contributed by atoms with Gasteiger partial charge in [0.15, 0.2) is 18.7 Å². The average Bonchev–Trinajstić information content (AvgIpc) is 3.51. The van der Waals surface area contributed by atoms with Gasteiger partial charge in [-0.05, 0) is 72.3 Å². The van der Waals surface area contributed by atoms with E-state index in [1.54, 1.807) is 48.5 Å². The summed E-state index contributed by atoms with van der Waals surface area (Å²) in [6, 6.07) is 10.1. The number of fused-ring (bicyclic) bond motifs is 1. The molecule has 15 heteroatoms. The van der Waals surface area contributed by atoms with Crippen molar-refractivity contribution in [2.45, 2.75) is 192 Å². The monoisotopic (exact) mass is 837 g/mol. The van der Waals surface area contributed by atoms with E-state index in [9.17, 15) is 30.3 Å². The molecule has 4 heterocycles. The van der Waals surface area contributed by atoms with Crippen LogP contribution in [0.4, 0.5) is 0 Å². The van der Waals surface area contributed by atoms with Crippen molar-refractivity contribution >= 4 is 12.0 Å². The average molecular weight is 837 g/mol. The van der Waals surface area contributed by atoms with Gasteiger partial charge >= 0.3 is 5.97 Å². The number of aliphatic hydroxyl groups is 5. The number of aliphatic hydroxyl groups excluding tert-OH is 3. The van der Waals surface area contributed by atoms with E-state index in [2.05, 4.69) is 0 Å². The van der Waals surface area contributed by atoms with E-state index in [4.69, 9.17) is 38.2 Å². The van der Waals surface area contributed by atoms with Crippen molar-refractivity contribution in [3.63, 3.8) is 0 Å². The topological polar surface area (TPSA) is 198 Å². The van der Waals surface area contributed by atoms with Crippen LogP contribution in [0.1, 0.15) is 100 Å². The van der Waals surface area contributed by atoms with Crippen molar-refractivity contribution in [3.8, 4) is 0 Å². The molecule has 4 aliphatic heterocycles. The van der Waals surface area contributed by atoms with Gasteiger partial charge in [-0.1, -0.05) is 58.0 Å². The van der Waals surface area contributed by atoms with Crippen LogP contribution in [0.3, 0.4) is 0 Å². The van der Waals surface area contributed by atoms with E-state index >= 15 is 0 Å². The molecule has 0 radical (unpaired) electrons. The molecule has 4 saturated heterocycles. The molecule has 5 rings (SSSR count). The number of carbonyl (C=O) groups is 1. The zero-order valence-corrected chi connectivity index (χ0v) is 37.1. The maximum atomic E-state index is 14.3. The molecule has 4 fully saturated rings. The van der Waals surface area contributed by atoms with E-state index in [0.717, 1.165) is 5.56 Å². The molecule has 0 bridgehead atoms. The summed E-state index contributed by atoms with van der Waals surface area (Å²) in [5.41, 5.74) is -3.68. The van der Waals surface area contributed by atoms with Crippen molar-refractivity contribution in [1.29, 1.82) is 0 Å². The second-order valence-electron chi connectivity index (χ2n) is 18.5. The van der Waals surface area contributed by atoms with Gasteiger partial charge in [-0.2, -0.15) is 0 Å². The molecular formula is C44H72N2O13. The van der Waals surface area contributed by atoms with Gasteiger partial charge < -0.3 is 63.6 Å². The fraction of sp³-hybridized carbons (Fsp3) is 0.818. The van der Waals surface area contributed by atoms with E-state index in [0.29, 0.717) is 19.0 Å². The minimum absolute atomic E-state index is 0.0169. The molecule has 15 nitrogen and oxygen atoms in total. The molecule has 0 amide bonds. The summed E-state index contributed by atoms with van der Waals surface area (Å²) in [4.78, 5) is 21.1. The van der Waals surface area contributed by atoms with Crippen molar-refractivity contribution in [2.24, 2.45) is 28.7 Å². The second-order valence-corrected chi connectivity index (χ2v) is 18.5. The number of hydrogen-bond donors (Lipinski definition) is 5. The van der Waals surface area contributed by atoms with Crippen molar-refractivity contribution in [2.75, 3.05) is 14.2 Å². The van der Waals surface area contributed by atoms with Gasteiger partial charge in [-0.25, -0.2) is 4.99 Å². The van der Waals surface area contributed by atoms with Gasteiger partial charge in [0.25, 0.3) is 6.02 Å². The van der Waals surface area contributed by atoms with Crippen LogP contribution in [-0.2, 0) is 44.5 Å². The Morgan fingerprint density at radius 2 is 1.56 bits per heavy atom. The highest BCUT2D eigenvalue weighted by Gasteiger charge is 2.55. The highest BCUT2D eigenvalue weighted by molar-refractivity contribution is 5.76. The summed E-state index contributed by atoms with van der Waals surface area (Å²) in [6.07, 6.45) is -9.68. The third-order valence-electron chi connectivity index (χ3n) is 13.6. The van der Waals surface area contributed by atoms with Crippen LogP contribution in [0.25, 0.3) is 0 Å². The van der Waals surface area contributed by atoms with Crippen LogP contribution in [0, 0.1) is 23.7 Å². The summed E-state index contributed by atoms with van der Waals surface area (Å²) < 4.78 is 44.7. The fourth-order valence-electron chi connectivity index (χ4n) is 9.81. The first-order chi connectivity index (χ1) is 27.6. The van der Waals surface area contributed by atoms with Gasteiger partial charge in [0.1, 0.15) is 17.8 Å². The summed E-state index contributed by atoms with van der Waals surface area (Å²) in [6.45, 7) is 17.4. The number of rotatable bonds is 8. The second kappa shape index (κ2) is 18.9. The maximum Gasteiger partial charge on any atom is 0.311 e. The van der Waals surface area contributed by atoms with Gasteiger partial charge in [0.05, 0.1) is 66.3 Å². The predicted molar refractivity (Wildman–Crippen MR) is 218 cm³/mol. The first-order valence-electron chi connectivity index (χ1n) is 21.4. The number of amidine groups is 1. The first kappa shape index (κ1) is 47.6. The predicted octanol–water partition coefficient (Wildman–Crippen LogP) is 3.54. The lowest BCUT2D eigenvalue weighted by molar-refractivity contribution is -0.314. The molecule has 0 saturated carbocycles. The summed E-state index contributed by atoms with van der Waals surface area (Å²) >= 11 is 0. The molecule has 0 aromatic heterocycles. The normalized spacial score (nSPS) is 47.2. The molecule has 1 aromatic rings. The minimum Gasteiger partial charge on any atom is -0.459 e. The highest BCUT2D eigenvalue weighted by atomic mass is 16.7. The Balaban J connectivity index is 1.56.